The van der Waals surface area contributed by atoms with Crippen LogP contribution in [0.4, 0.5) is 0 Å². The highest BCUT2D eigenvalue weighted by Gasteiger charge is 2.10. The van der Waals surface area contributed by atoms with E-state index in [0.717, 1.165) is 17.7 Å². The van der Waals surface area contributed by atoms with E-state index in [1.165, 1.54) is 0 Å². The van der Waals surface area contributed by atoms with Crippen LogP contribution in [0.2, 0.25) is 0 Å². The van der Waals surface area contributed by atoms with E-state index >= 15 is 0 Å². The van der Waals surface area contributed by atoms with Crippen LogP contribution in [-0.4, -0.2) is 12.5 Å². The average Bonchev–Trinajstić information content (AvgIpc) is 2.30. The molecule has 15 heavy (non-hydrogen) atoms. The number of nitrogens with one attached hydrogen (secondary N) is 1. The standard InChI is InChI=1S/C12H12N2O/c13-12(15)11-4-2-1-3-10(11)9-5-7-14-8-6-9/h1-7,14H,8H2,(H2,13,15). The monoisotopic (exact) mass is 200 g/mol. The lowest BCUT2D eigenvalue weighted by atomic mass is 9.98. The van der Waals surface area contributed by atoms with Crippen LogP contribution in [0.5, 0.6) is 0 Å². The molecule has 2 rings (SSSR count). The summed E-state index contributed by atoms with van der Waals surface area (Å²) >= 11 is 0. The molecule has 1 aromatic rings. The van der Waals surface area contributed by atoms with Gasteiger partial charge in [0.1, 0.15) is 0 Å². The fraction of sp³-hybridized carbons (Fsp3) is 0.0833. The second-order valence-electron chi connectivity index (χ2n) is 3.31. The van der Waals surface area contributed by atoms with Crippen molar-refractivity contribution in [2.24, 2.45) is 5.73 Å². The van der Waals surface area contributed by atoms with Crippen LogP contribution in [-0.2, 0) is 0 Å². The summed E-state index contributed by atoms with van der Waals surface area (Å²) in [5, 5.41) is 3.06. The van der Waals surface area contributed by atoms with Gasteiger partial charge in [0.25, 0.3) is 0 Å². The Hall–Kier alpha value is -2.03. The van der Waals surface area contributed by atoms with Gasteiger partial charge >= 0.3 is 0 Å². The quantitative estimate of drug-likeness (QED) is 0.755. The second kappa shape index (κ2) is 4.00. The fourth-order valence-corrected chi connectivity index (χ4v) is 1.60. The number of primary amides is 1. The van der Waals surface area contributed by atoms with Gasteiger partial charge in [-0.05, 0) is 29.5 Å². The highest BCUT2D eigenvalue weighted by Crippen LogP contribution is 2.20. The van der Waals surface area contributed by atoms with Gasteiger partial charge < -0.3 is 11.1 Å². The minimum absolute atomic E-state index is 0.390. The number of amides is 1. The Morgan fingerprint density at radius 3 is 2.80 bits per heavy atom. The molecule has 3 nitrogen and oxygen atoms in total. The summed E-state index contributed by atoms with van der Waals surface area (Å²) < 4.78 is 0. The number of dihydropyridines is 1. The van der Waals surface area contributed by atoms with E-state index in [-0.39, 0.29) is 0 Å². The molecule has 1 aliphatic rings. The van der Waals surface area contributed by atoms with Crippen LogP contribution < -0.4 is 11.1 Å². The van der Waals surface area contributed by atoms with E-state index in [4.69, 9.17) is 5.73 Å². The van der Waals surface area contributed by atoms with E-state index in [2.05, 4.69) is 5.32 Å². The first kappa shape index (κ1) is 9.52. The summed E-state index contributed by atoms with van der Waals surface area (Å²) in [6, 6.07) is 7.36. The van der Waals surface area contributed by atoms with Crippen molar-refractivity contribution in [2.45, 2.75) is 0 Å². The van der Waals surface area contributed by atoms with Crippen molar-refractivity contribution >= 4 is 11.5 Å². The van der Waals surface area contributed by atoms with Gasteiger partial charge in [0, 0.05) is 12.1 Å². The molecule has 3 N–H and O–H groups in total. The Bertz CT molecular complexity index is 447. The van der Waals surface area contributed by atoms with Crippen LogP contribution in [0.3, 0.4) is 0 Å². The predicted molar refractivity (Wildman–Crippen MR) is 60.1 cm³/mol. The van der Waals surface area contributed by atoms with Gasteiger partial charge in [-0.25, -0.2) is 0 Å². The number of hydrogen-bond donors (Lipinski definition) is 2. The molecule has 0 unspecified atom stereocenters. The number of hydrogen-bond acceptors (Lipinski definition) is 2. The van der Waals surface area contributed by atoms with Gasteiger partial charge in [-0.2, -0.15) is 0 Å². The number of benzene rings is 1. The summed E-state index contributed by atoms with van der Waals surface area (Å²) in [6.45, 7) is 0.777. The Morgan fingerprint density at radius 2 is 2.13 bits per heavy atom. The lowest BCUT2D eigenvalue weighted by Gasteiger charge is -2.11. The van der Waals surface area contributed by atoms with Gasteiger partial charge in [-0.1, -0.05) is 24.3 Å². The van der Waals surface area contributed by atoms with Crippen LogP contribution >= 0.6 is 0 Å². The van der Waals surface area contributed by atoms with Crippen LogP contribution in [0, 0.1) is 0 Å². The lowest BCUT2D eigenvalue weighted by molar-refractivity contribution is 0.1000. The minimum atomic E-state index is -0.390. The first-order valence-electron chi connectivity index (χ1n) is 4.78. The number of rotatable bonds is 2. The van der Waals surface area contributed by atoms with E-state index in [0.29, 0.717) is 5.56 Å². The maximum atomic E-state index is 11.2. The van der Waals surface area contributed by atoms with E-state index < -0.39 is 5.91 Å². The molecule has 3 heteroatoms. The molecule has 0 spiro atoms. The largest absolute Gasteiger partial charge is 0.387 e. The molecule has 0 atom stereocenters. The molecule has 1 amide bonds. The zero-order valence-corrected chi connectivity index (χ0v) is 8.23. The number of carbonyl (C=O) groups is 1. The van der Waals surface area contributed by atoms with Crippen molar-refractivity contribution in [1.82, 2.24) is 5.32 Å². The molecule has 1 heterocycles. The molecule has 0 fully saturated rings. The second-order valence-corrected chi connectivity index (χ2v) is 3.31. The summed E-state index contributed by atoms with van der Waals surface area (Å²) in [5.74, 6) is -0.390. The Balaban J connectivity index is 2.47. The van der Waals surface area contributed by atoms with E-state index in [9.17, 15) is 4.79 Å². The fourth-order valence-electron chi connectivity index (χ4n) is 1.60. The van der Waals surface area contributed by atoms with Gasteiger partial charge in [-0.15, -0.1) is 0 Å². The Labute approximate surface area is 88.3 Å². The molecule has 0 aromatic heterocycles. The normalized spacial score (nSPS) is 14.3. The summed E-state index contributed by atoms with van der Waals surface area (Å²) in [7, 11) is 0. The van der Waals surface area contributed by atoms with Crippen molar-refractivity contribution in [1.29, 1.82) is 0 Å². The van der Waals surface area contributed by atoms with Gasteiger partial charge in [0.05, 0.1) is 0 Å². The van der Waals surface area contributed by atoms with Gasteiger partial charge in [-0.3, -0.25) is 4.79 Å². The zero-order chi connectivity index (χ0) is 10.7. The maximum absolute atomic E-state index is 11.2. The number of allylic oxidation sites excluding steroid dienone is 2. The third-order valence-electron chi connectivity index (χ3n) is 2.32. The van der Waals surface area contributed by atoms with Crippen LogP contribution in [0.25, 0.3) is 5.57 Å². The topological polar surface area (TPSA) is 55.1 Å². The maximum Gasteiger partial charge on any atom is 0.249 e. The summed E-state index contributed by atoms with van der Waals surface area (Å²) in [6.07, 6.45) is 5.83. The molecule has 76 valence electrons. The first-order valence-corrected chi connectivity index (χ1v) is 4.78. The molecule has 1 aromatic carbocycles. The SMILES string of the molecule is NC(=O)c1ccccc1C1=CCNC=C1. The van der Waals surface area contributed by atoms with Crippen molar-refractivity contribution in [3.63, 3.8) is 0 Å². The highest BCUT2D eigenvalue weighted by molar-refractivity contribution is 5.99. The number of nitrogens with two attached hydrogens (primary N) is 1. The summed E-state index contributed by atoms with van der Waals surface area (Å²) in [5.41, 5.74) is 7.80. The predicted octanol–water partition coefficient (Wildman–Crippen LogP) is 1.29. The molecular weight excluding hydrogens is 188 g/mol. The van der Waals surface area contributed by atoms with Crippen LogP contribution in [0.15, 0.2) is 42.6 Å². The van der Waals surface area contributed by atoms with Crippen molar-refractivity contribution in [2.75, 3.05) is 6.54 Å². The molecule has 1 aliphatic heterocycles. The highest BCUT2D eigenvalue weighted by atomic mass is 16.1. The van der Waals surface area contributed by atoms with E-state index in [1.807, 2.05) is 36.6 Å². The Morgan fingerprint density at radius 1 is 1.33 bits per heavy atom. The third-order valence-corrected chi connectivity index (χ3v) is 2.32. The molecular formula is C12H12N2O. The molecule has 0 radical (unpaired) electrons. The van der Waals surface area contributed by atoms with Gasteiger partial charge in [0.15, 0.2) is 0 Å². The lowest BCUT2D eigenvalue weighted by Crippen LogP contribution is -2.14. The van der Waals surface area contributed by atoms with Gasteiger partial charge in [0.2, 0.25) is 5.91 Å². The first-order chi connectivity index (χ1) is 7.29. The van der Waals surface area contributed by atoms with Crippen molar-refractivity contribution in [3.05, 3.63) is 53.7 Å². The average molecular weight is 200 g/mol. The van der Waals surface area contributed by atoms with Crippen molar-refractivity contribution < 1.29 is 4.79 Å². The smallest absolute Gasteiger partial charge is 0.249 e. The zero-order valence-electron chi connectivity index (χ0n) is 8.23. The van der Waals surface area contributed by atoms with E-state index in [1.54, 1.807) is 6.07 Å². The molecule has 0 bridgehead atoms. The number of carbonyl (C=O) groups excluding carboxylic acids is 1. The Kier molecular flexibility index (Phi) is 2.54. The summed E-state index contributed by atoms with van der Waals surface area (Å²) in [4.78, 5) is 11.2. The van der Waals surface area contributed by atoms with Crippen molar-refractivity contribution in [3.8, 4) is 0 Å². The molecule has 0 aliphatic carbocycles. The molecule has 0 saturated heterocycles. The molecule has 0 saturated carbocycles. The minimum Gasteiger partial charge on any atom is -0.387 e. The van der Waals surface area contributed by atoms with Crippen LogP contribution in [0.1, 0.15) is 15.9 Å². The third kappa shape index (κ3) is 1.91.